The van der Waals surface area contributed by atoms with Crippen molar-refractivity contribution in [1.29, 1.82) is 0 Å². The van der Waals surface area contributed by atoms with E-state index in [0.717, 1.165) is 13.1 Å². The molecule has 0 unspecified atom stereocenters. The molecule has 5 nitrogen and oxygen atoms in total. The van der Waals surface area contributed by atoms with Crippen LogP contribution >= 0.6 is 0 Å². The summed E-state index contributed by atoms with van der Waals surface area (Å²) in [5, 5.41) is 11.0. The van der Waals surface area contributed by atoms with Gasteiger partial charge in [0.15, 0.2) is 11.5 Å². The van der Waals surface area contributed by atoms with Gasteiger partial charge in [0.05, 0.1) is 0 Å². The van der Waals surface area contributed by atoms with E-state index >= 15 is 0 Å². The van der Waals surface area contributed by atoms with Crippen molar-refractivity contribution in [2.45, 2.75) is 19.9 Å². The second-order valence-electron chi connectivity index (χ2n) is 6.37. The summed E-state index contributed by atoms with van der Waals surface area (Å²) >= 11 is 0. The molecule has 6 heteroatoms. The van der Waals surface area contributed by atoms with Gasteiger partial charge in [0.1, 0.15) is 5.82 Å². The number of aromatic nitrogens is 2. The predicted molar refractivity (Wildman–Crippen MR) is 108 cm³/mol. The number of nitrogens with one attached hydrogen (secondary N) is 1. The Labute approximate surface area is 164 Å². The lowest BCUT2D eigenvalue weighted by Gasteiger charge is -2.21. The van der Waals surface area contributed by atoms with Crippen molar-refractivity contribution in [3.63, 3.8) is 0 Å². The molecular formula is C22H23FN4O. The maximum Gasteiger partial charge on any atom is 0.271 e. The monoisotopic (exact) mass is 378 g/mol. The van der Waals surface area contributed by atoms with Crippen LogP contribution in [0.1, 0.15) is 28.5 Å². The molecule has 0 saturated carbocycles. The van der Waals surface area contributed by atoms with Gasteiger partial charge >= 0.3 is 0 Å². The van der Waals surface area contributed by atoms with Crippen molar-refractivity contribution in [2.75, 3.05) is 18.0 Å². The van der Waals surface area contributed by atoms with Crippen molar-refractivity contribution in [2.24, 2.45) is 0 Å². The van der Waals surface area contributed by atoms with Crippen molar-refractivity contribution >= 4 is 11.7 Å². The van der Waals surface area contributed by atoms with Gasteiger partial charge in [-0.3, -0.25) is 4.79 Å². The number of rotatable bonds is 8. The number of hydrogen-bond donors (Lipinski definition) is 1. The van der Waals surface area contributed by atoms with Gasteiger partial charge in [-0.05, 0) is 42.7 Å². The Morgan fingerprint density at radius 3 is 2.43 bits per heavy atom. The molecule has 0 aliphatic carbocycles. The number of carbonyl (C=O) groups is 1. The van der Waals surface area contributed by atoms with Gasteiger partial charge in [-0.25, -0.2) is 4.39 Å². The molecule has 0 aliphatic rings. The molecule has 1 amide bonds. The lowest BCUT2D eigenvalue weighted by Crippen LogP contribution is -2.28. The first-order valence-electron chi connectivity index (χ1n) is 9.31. The van der Waals surface area contributed by atoms with Gasteiger partial charge in [-0.15, -0.1) is 10.2 Å². The van der Waals surface area contributed by atoms with Crippen molar-refractivity contribution in [3.8, 4) is 0 Å². The first kappa shape index (κ1) is 19.5. The molecule has 1 N–H and O–H groups in total. The van der Waals surface area contributed by atoms with Crippen LogP contribution in [0.4, 0.5) is 10.2 Å². The minimum Gasteiger partial charge on any atom is -0.351 e. The maximum absolute atomic E-state index is 13.6. The largest absolute Gasteiger partial charge is 0.351 e. The summed E-state index contributed by atoms with van der Waals surface area (Å²) in [4.78, 5) is 14.3. The first-order chi connectivity index (χ1) is 13.7. The number of carbonyl (C=O) groups excluding carboxylic acids is 1. The summed E-state index contributed by atoms with van der Waals surface area (Å²) in [5.74, 6) is 0.134. The van der Waals surface area contributed by atoms with Crippen LogP contribution in [0.5, 0.6) is 0 Å². The van der Waals surface area contributed by atoms with Crippen molar-refractivity contribution in [1.82, 2.24) is 15.5 Å². The molecule has 28 heavy (non-hydrogen) atoms. The van der Waals surface area contributed by atoms with Crippen molar-refractivity contribution in [3.05, 3.63) is 89.4 Å². The number of anilines is 1. The Bertz CT molecular complexity index is 900. The smallest absolute Gasteiger partial charge is 0.271 e. The first-order valence-corrected chi connectivity index (χ1v) is 9.31. The minimum atomic E-state index is -0.318. The van der Waals surface area contributed by atoms with Crippen LogP contribution in [0.2, 0.25) is 0 Å². The molecule has 0 fully saturated rings. The van der Waals surface area contributed by atoms with Crippen molar-refractivity contribution < 1.29 is 9.18 Å². The molecule has 1 aromatic heterocycles. The number of nitrogens with zero attached hydrogens (tertiary/aromatic N) is 3. The fourth-order valence-corrected chi connectivity index (χ4v) is 2.88. The summed E-state index contributed by atoms with van der Waals surface area (Å²) in [6, 6.07) is 20.1. The van der Waals surface area contributed by atoms with E-state index in [1.807, 2.05) is 25.1 Å². The van der Waals surface area contributed by atoms with E-state index in [1.54, 1.807) is 30.3 Å². The van der Waals surface area contributed by atoms with E-state index in [1.165, 1.54) is 11.6 Å². The van der Waals surface area contributed by atoms with E-state index in [2.05, 4.69) is 32.5 Å². The van der Waals surface area contributed by atoms with Gasteiger partial charge < -0.3 is 10.2 Å². The van der Waals surface area contributed by atoms with Gasteiger partial charge in [0.2, 0.25) is 0 Å². The highest BCUT2D eigenvalue weighted by Crippen LogP contribution is 2.14. The third kappa shape index (κ3) is 5.13. The van der Waals surface area contributed by atoms with Gasteiger partial charge in [0, 0.05) is 19.6 Å². The van der Waals surface area contributed by atoms with Crippen LogP contribution in [-0.4, -0.2) is 29.2 Å². The summed E-state index contributed by atoms with van der Waals surface area (Å²) in [6.45, 7) is 3.88. The summed E-state index contributed by atoms with van der Waals surface area (Å²) < 4.78 is 13.6. The highest BCUT2D eigenvalue weighted by molar-refractivity contribution is 5.92. The van der Waals surface area contributed by atoms with Crippen LogP contribution in [0.3, 0.4) is 0 Å². The molecule has 0 aliphatic heterocycles. The average molecular weight is 378 g/mol. The highest BCUT2D eigenvalue weighted by Gasteiger charge is 2.11. The lowest BCUT2D eigenvalue weighted by atomic mass is 10.1. The van der Waals surface area contributed by atoms with E-state index in [9.17, 15) is 9.18 Å². The van der Waals surface area contributed by atoms with E-state index in [4.69, 9.17) is 0 Å². The zero-order valence-corrected chi connectivity index (χ0v) is 15.8. The zero-order valence-electron chi connectivity index (χ0n) is 15.8. The summed E-state index contributed by atoms with van der Waals surface area (Å²) in [5.41, 5.74) is 2.00. The summed E-state index contributed by atoms with van der Waals surface area (Å²) in [6.07, 6.45) is 0.421. The Morgan fingerprint density at radius 1 is 1.00 bits per heavy atom. The zero-order chi connectivity index (χ0) is 19.8. The van der Waals surface area contributed by atoms with Crippen LogP contribution in [-0.2, 0) is 13.0 Å². The molecule has 3 rings (SSSR count). The molecular weight excluding hydrogens is 355 g/mol. The minimum absolute atomic E-state index is 0.244. The Kier molecular flexibility index (Phi) is 6.68. The molecule has 0 radical (unpaired) electrons. The molecule has 144 valence electrons. The second kappa shape index (κ2) is 9.60. The number of halogens is 1. The number of amides is 1. The van der Waals surface area contributed by atoms with E-state index in [-0.39, 0.29) is 17.4 Å². The molecule has 0 saturated heterocycles. The SMILES string of the molecule is CCN(Cc1ccccc1)c1ccc(C(=O)NCCc2ccccc2F)nn1. The normalized spacial score (nSPS) is 10.5. The van der Waals surface area contributed by atoms with Gasteiger partial charge in [0.25, 0.3) is 5.91 Å². The predicted octanol–water partition coefficient (Wildman–Crippen LogP) is 3.61. The molecule has 0 spiro atoms. The molecule has 3 aromatic rings. The lowest BCUT2D eigenvalue weighted by molar-refractivity contribution is 0.0948. The fraction of sp³-hybridized carbons (Fsp3) is 0.227. The van der Waals surface area contributed by atoms with Crippen LogP contribution < -0.4 is 10.2 Å². The Morgan fingerprint density at radius 2 is 1.75 bits per heavy atom. The Hall–Kier alpha value is -3.28. The maximum atomic E-state index is 13.6. The quantitative estimate of drug-likeness (QED) is 0.651. The average Bonchev–Trinajstić information content (AvgIpc) is 2.74. The standard InChI is InChI=1S/C22H23FN4O/c1-2-27(16-17-8-4-3-5-9-17)21-13-12-20(25-26-21)22(28)24-15-14-18-10-6-7-11-19(18)23/h3-13H,2,14-16H2,1H3,(H,24,28). The highest BCUT2D eigenvalue weighted by atomic mass is 19.1. The van der Waals surface area contributed by atoms with Gasteiger partial charge in [-0.1, -0.05) is 48.5 Å². The van der Waals surface area contributed by atoms with E-state index < -0.39 is 0 Å². The molecule has 0 atom stereocenters. The third-order valence-electron chi connectivity index (χ3n) is 4.44. The number of benzene rings is 2. The number of hydrogen-bond acceptors (Lipinski definition) is 4. The summed E-state index contributed by atoms with van der Waals surface area (Å²) in [7, 11) is 0. The topological polar surface area (TPSA) is 58.1 Å². The third-order valence-corrected chi connectivity index (χ3v) is 4.44. The molecule has 0 bridgehead atoms. The van der Waals surface area contributed by atoms with Crippen LogP contribution in [0.25, 0.3) is 0 Å². The van der Waals surface area contributed by atoms with Crippen LogP contribution in [0.15, 0.2) is 66.7 Å². The molecule has 1 heterocycles. The fourth-order valence-electron chi connectivity index (χ4n) is 2.88. The second-order valence-corrected chi connectivity index (χ2v) is 6.37. The Balaban J connectivity index is 1.56. The van der Waals surface area contributed by atoms with Gasteiger partial charge in [-0.2, -0.15) is 0 Å². The molecule has 2 aromatic carbocycles. The van der Waals surface area contributed by atoms with Crippen LogP contribution in [0, 0.1) is 5.82 Å². The van der Waals surface area contributed by atoms with E-state index in [0.29, 0.717) is 24.3 Å².